The number of sulfonamides is 1. The lowest BCUT2D eigenvalue weighted by atomic mass is 10.1. The Balaban J connectivity index is 3.17. The molecule has 0 heterocycles. The van der Waals surface area contributed by atoms with Crippen LogP contribution >= 0.6 is 0 Å². The van der Waals surface area contributed by atoms with Crippen LogP contribution in [0.25, 0.3) is 0 Å². The van der Waals surface area contributed by atoms with Crippen LogP contribution in [0, 0.1) is 24.0 Å². The lowest BCUT2D eigenvalue weighted by molar-refractivity contribution is -0.388. The first-order chi connectivity index (χ1) is 9.31. The second-order valence-corrected chi connectivity index (χ2v) is 6.23. The largest absolute Gasteiger partial charge is 0.330 e. The molecule has 3 N–H and O–H groups in total. The van der Waals surface area contributed by atoms with Crippen molar-refractivity contribution in [3.8, 4) is 0 Å². The Hall–Kier alpha value is -1.51. The van der Waals surface area contributed by atoms with E-state index in [1.54, 1.807) is 19.1 Å². The van der Waals surface area contributed by atoms with Crippen molar-refractivity contribution in [2.24, 2.45) is 5.73 Å². The molecule has 1 aromatic carbocycles. The van der Waals surface area contributed by atoms with E-state index in [9.17, 15) is 18.5 Å². The van der Waals surface area contributed by atoms with E-state index in [4.69, 9.17) is 5.73 Å². The number of hydrogen-bond acceptors (Lipinski definition) is 5. The van der Waals surface area contributed by atoms with Crippen LogP contribution in [-0.4, -0.2) is 26.4 Å². The van der Waals surface area contributed by atoms with Crippen molar-refractivity contribution in [3.63, 3.8) is 0 Å². The van der Waals surface area contributed by atoms with Crippen LogP contribution in [0.1, 0.15) is 24.0 Å². The minimum absolute atomic E-state index is 0.212. The van der Waals surface area contributed by atoms with E-state index in [-0.39, 0.29) is 17.1 Å². The SMILES string of the molecule is Cc1ccc(C)c(S(=O)(=O)NCCCCN)c1[N+](=O)[O-]. The zero-order valence-corrected chi connectivity index (χ0v) is 12.4. The Kier molecular flexibility index (Phi) is 5.61. The van der Waals surface area contributed by atoms with Crippen molar-refractivity contribution < 1.29 is 13.3 Å². The van der Waals surface area contributed by atoms with Gasteiger partial charge in [0, 0.05) is 12.1 Å². The minimum atomic E-state index is -3.90. The molecule has 20 heavy (non-hydrogen) atoms. The highest BCUT2D eigenvalue weighted by Gasteiger charge is 2.29. The van der Waals surface area contributed by atoms with Gasteiger partial charge in [0.25, 0.3) is 5.69 Å². The highest BCUT2D eigenvalue weighted by atomic mass is 32.2. The second kappa shape index (κ2) is 6.78. The van der Waals surface area contributed by atoms with Gasteiger partial charge >= 0.3 is 0 Å². The zero-order chi connectivity index (χ0) is 15.3. The number of benzene rings is 1. The summed E-state index contributed by atoms with van der Waals surface area (Å²) in [5.74, 6) is 0. The third kappa shape index (κ3) is 3.75. The van der Waals surface area contributed by atoms with Gasteiger partial charge in [0.05, 0.1) is 4.92 Å². The van der Waals surface area contributed by atoms with E-state index in [0.717, 1.165) is 0 Å². The molecule has 7 nitrogen and oxygen atoms in total. The number of nitrogens with two attached hydrogens (primary N) is 1. The fourth-order valence-electron chi connectivity index (χ4n) is 1.88. The fraction of sp³-hybridized carbons (Fsp3) is 0.500. The van der Waals surface area contributed by atoms with E-state index in [2.05, 4.69) is 4.72 Å². The summed E-state index contributed by atoms with van der Waals surface area (Å²) in [5.41, 5.74) is 5.64. The van der Waals surface area contributed by atoms with Crippen molar-refractivity contribution in [1.82, 2.24) is 4.72 Å². The summed E-state index contributed by atoms with van der Waals surface area (Å²) in [6.07, 6.45) is 1.28. The zero-order valence-electron chi connectivity index (χ0n) is 11.5. The van der Waals surface area contributed by atoms with E-state index in [1.165, 1.54) is 6.92 Å². The molecule has 0 radical (unpaired) electrons. The molecule has 0 aliphatic heterocycles. The summed E-state index contributed by atoms with van der Waals surface area (Å²) in [6, 6.07) is 3.11. The number of hydrogen-bond donors (Lipinski definition) is 2. The Bertz CT molecular complexity index is 599. The summed E-state index contributed by atoms with van der Waals surface area (Å²) in [7, 11) is -3.90. The van der Waals surface area contributed by atoms with Gasteiger partial charge < -0.3 is 5.73 Å². The van der Waals surface area contributed by atoms with Crippen LogP contribution in [-0.2, 0) is 10.0 Å². The number of nitrogens with zero attached hydrogens (tertiary/aromatic N) is 1. The molecule has 112 valence electrons. The monoisotopic (exact) mass is 301 g/mol. The van der Waals surface area contributed by atoms with Crippen LogP contribution in [0.5, 0.6) is 0 Å². The van der Waals surface area contributed by atoms with Crippen molar-refractivity contribution in [3.05, 3.63) is 33.4 Å². The molecule has 0 aliphatic carbocycles. The summed E-state index contributed by atoms with van der Waals surface area (Å²) in [5, 5.41) is 11.1. The van der Waals surface area contributed by atoms with Crippen molar-refractivity contribution >= 4 is 15.7 Å². The fourth-order valence-corrected chi connectivity index (χ4v) is 3.42. The molecule has 0 atom stereocenters. The number of nitrogens with one attached hydrogen (secondary N) is 1. The van der Waals surface area contributed by atoms with Crippen LogP contribution in [0.3, 0.4) is 0 Å². The summed E-state index contributed by atoms with van der Waals surface area (Å²) in [6.45, 7) is 3.75. The van der Waals surface area contributed by atoms with E-state index in [0.29, 0.717) is 30.5 Å². The maximum Gasteiger partial charge on any atom is 0.292 e. The van der Waals surface area contributed by atoms with Crippen molar-refractivity contribution in [1.29, 1.82) is 0 Å². The van der Waals surface area contributed by atoms with E-state index in [1.807, 2.05) is 0 Å². The number of aryl methyl sites for hydroxylation is 2. The quantitative estimate of drug-likeness (QED) is 0.446. The van der Waals surface area contributed by atoms with Crippen molar-refractivity contribution in [2.45, 2.75) is 31.6 Å². The average molecular weight is 301 g/mol. The molecule has 0 saturated carbocycles. The third-order valence-electron chi connectivity index (χ3n) is 2.90. The molecule has 0 fully saturated rings. The molecular weight excluding hydrogens is 282 g/mol. The van der Waals surface area contributed by atoms with Gasteiger partial charge in [-0.05, 0) is 38.8 Å². The van der Waals surface area contributed by atoms with Gasteiger partial charge in [0.15, 0.2) is 4.90 Å². The maximum atomic E-state index is 12.2. The van der Waals surface area contributed by atoms with E-state index < -0.39 is 14.9 Å². The minimum Gasteiger partial charge on any atom is -0.330 e. The van der Waals surface area contributed by atoms with Gasteiger partial charge in [0.1, 0.15) is 0 Å². The number of unbranched alkanes of at least 4 members (excludes halogenated alkanes) is 1. The number of nitro benzene ring substituents is 1. The Morgan fingerprint density at radius 2 is 1.85 bits per heavy atom. The summed E-state index contributed by atoms with van der Waals surface area (Å²) in [4.78, 5) is 10.2. The van der Waals surface area contributed by atoms with Crippen LogP contribution in [0.15, 0.2) is 17.0 Å². The molecule has 8 heteroatoms. The van der Waals surface area contributed by atoms with Crippen LogP contribution in [0.4, 0.5) is 5.69 Å². The Morgan fingerprint density at radius 3 is 2.40 bits per heavy atom. The molecule has 0 saturated heterocycles. The molecule has 0 spiro atoms. The Morgan fingerprint density at radius 1 is 1.25 bits per heavy atom. The number of rotatable bonds is 7. The summed E-state index contributed by atoms with van der Waals surface area (Å²) >= 11 is 0. The van der Waals surface area contributed by atoms with Gasteiger partial charge in [-0.15, -0.1) is 0 Å². The van der Waals surface area contributed by atoms with Gasteiger partial charge in [0.2, 0.25) is 10.0 Å². The topological polar surface area (TPSA) is 115 Å². The van der Waals surface area contributed by atoms with E-state index >= 15 is 0 Å². The molecule has 0 bridgehead atoms. The van der Waals surface area contributed by atoms with Crippen LogP contribution < -0.4 is 10.5 Å². The smallest absolute Gasteiger partial charge is 0.292 e. The van der Waals surface area contributed by atoms with Crippen molar-refractivity contribution in [2.75, 3.05) is 13.1 Å². The highest BCUT2D eigenvalue weighted by molar-refractivity contribution is 7.89. The third-order valence-corrected chi connectivity index (χ3v) is 4.54. The number of nitro groups is 1. The molecule has 0 amide bonds. The second-order valence-electron chi connectivity index (χ2n) is 4.53. The molecular formula is C12H19N3O4S. The molecule has 1 aromatic rings. The normalized spacial score (nSPS) is 11.6. The lowest BCUT2D eigenvalue weighted by Gasteiger charge is -2.11. The van der Waals surface area contributed by atoms with Gasteiger partial charge in [-0.2, -0.15) is 0 Å². The first-order valence-corrected chi connectivity index (χ1v) is 7.74. The summed E-state index contributed by atoms with van der Waals surface area (Å²) < 4.78 is 26.9. The first-order valence-electron chi connectivity index (χ1n) is 6.25. The molecule has 0 aliphatic rings. The van der Waals surface area contributed by atoms with Gasteiger partial charge in [-0.3, -0.25) is 10.1 Å². The predicted octanol–water partition coefficient (Wildman–Crippen LogP) is 1.23. The van der Waals surface area contributed by atoms with Crippen LogP contribution in [0.2, 0.25) is 0 Å². The maximum absolute atomic E-state index is 12.2. The average Bonchev–Trinajstić information content (AvgIpc) is 2.36. The lowest BCUT2D eigenvalue weighted by Crippen LogP contribution is -2.27. The highest BCUT2D eigenvalue weighted by Crippen LogP contribution is 2.30. The van der Waals surface area contributed by atoms with Gasteiger partial charge in [-0.1, -0.05) is 12.1 Å². The Labute approximate surface area is 118 Å². The molecule has 0 unspecified atom stereocenters. The molecule has 0 aromatic heterocycles. The standard InChI is InChI=1S/C12H19N3O4S/c1-9-5-6-10(2)12(11(9)15(16)17)20(18,19)14-8-4-3-7-13/h5-6,14H,3-4,7-8,13H2,1-2H3. The first kappa shape index (κ1) is 16.5. The van der Waals surface area contributed by atoms with Gasteiger partial charge in [-0.25, -0.2) is 13.1 Å². The predicted molar refractivity (Wildman–Crippen MR) is 76.0 cm³/mol. The molecule has 1 rings (SSSR count).